The molecule has 14 heavy (non-hydrogen) atoms. The number of Topliss-reactive ketones (excluding diaryl/α,β-unsaturated/α-hetero) is 1. The third-order valence-electron chi connectivity index (χ3n) is 1.82. The van der Waals surface area contributed by atoms with Crippen molar-refractivity contribution in [2.24, 2.45) is 17.2 Å². The molecule has 0 aliphatic carbocycles. The Balaban J connectivity index is 4.54. The van der Waals surface area contributed by atoms with E-state index in [1.807, 2.05) is 0 Å². The summed E-state index contributed by atoms with van der Waals surface area (Å²) in [5.41, 5.74) is 15.4. The molecule has 0 bridgehead atoms. The molecule has 0 aromatic heterocycles. The van der Waals surface area contributed by atoms with Gasteiger partial charge in [-0.2, -0.15) is 0 Å². The first kappa shape index (κ1) is 12.7. The second kappa shape index (κ2) is 4.80. The number of nitrogens with one attached hydrogen (secondary N) is 1. The Kier molecular flexibility index (Phi) is 4.35. The molecular weight excluding hydrogens is 188 g/mol. The van der Waals surface area contributed by atoms with Gasteiger partial charge in [0, 0.05) is 0 Å². The van der Waals surface area contributed by atoms with Gasteiger partial charge < -0.3 is 27.7 Å². The molecule has 7 heteroatoms. The quantitative estimate of drug-likeness (QED) is 0.314. The van der Waals surface area contributed by atoms with Gasteiger partial charge in [0.25, 0.3) is 0 Å². The topological polar surface area (TPSA) is 156 Å². The number of ketones is 1. The van der Waals surface area contributed by atoms with E-state index >= 15 is 0 Å². The highest BCUT2D eigenvalue weighted by Crippen LogP contribution is 1.95. The zero-order valence-corrected chi connectivity index (χ0v) is 7.73. The lowest BCUT2D eigenvalue weighted by Crippen LogP contribution is -2.57. The van der Waals surface area contributed by atoms with Crippen molar-refractivity contribution in [3.63, 3.8) is 0 Å². The molecular formula is C7H14N4O3. The van der Waals surface area contributed by atoms with Crippen LogP contribution in [-0.2, 0) is 9.59 Å². The second-order valence-electron chi connectivity index (χ2n) is 2.93. The molecule has 7 nitrogen and oxygen atoms in total. The number of carbonyl (C=O) groups excluding carboxylic acids is 1. The van der Waals surface area contributed by atoms with E-state index in [2.05, 4.69) is 0 Å². The molecule has 8 N–H and O–H groups in total. The molecule has 0 aromatic carbocycles. The standard InChI is InChI=1S/C7H14N4O3/c1-2(12)3(8)4(9)5(10)6(11)7(13)14/h3-4,6,10H,8-9,11H2,1H3,(H,13,14). The molecule has 0 spiro atoms. The van der Waals surface area contributed by atoms with Crippen molar-refractivity contribution in [1.29, 1.82) is 5.41 Å². The van der Waals surface area contributed by atoms with E-state index in [1.165, 1.54) is 6.92 Å². The van der Waals surface area contributed by atoms with E-state index in [0.717, 1.165) is 0 Å². The highest BCUT2D eigenvalue weighted by molar-refractivity contribution is 6.08. The van der Waals surface area contributed by atoms with Crippen LogP contribution in [0.25, 0.3) is 0 Å². The van der Waals surface area contributed by atoms with Gasteiger partial charge in [0.05, 0.1) is 17.8 Å². The Morgan fingerprint density at radius 3 is 1.93 bits per heavy atom. The first-order valence-electron chi connectivity index (χ1n) is 3.87. The van der Waals surface area contributed by atoms with E-state index in [0.29, 0.717) is 0 Å². The Hall–Kier alpha value is -1.31. The van der Waals surface area contributed by atoms with Crippen LogP contribution in [0.2, 0.25) is 0 Å². The Morgan fingerprint density at radius 2 is 1.64 bits per heavy atom. The molecule has 0 rings (SSSR count). The first-order valence-corrected chi connectivity index (χ1v) is 3.87. The molecule has 80 valence electrons. The average Bonchev–Trinajstić information content (AvgIpc) is 2.12. The summed E-state index contributed by atoms with van der Waals surface area (Å²) in [5.74, 6) is -1.79. The van der Waals surface area contributed by atoms with Gasteiger partial charge in [-0.25, -0.2) is 0 Å². The van der Waals surface area contributed by atoms with Gasteiger partial charge in [0.2, 0.25) is 0 Å². The number of carboxylic acids is 1. The fourth-order valence-corrected chi connectivity index (χ4v) is 0.787. The summed E-state index contributed by atoms with van der Waals surface area (Å²) >= 11 is 0. The van der Waals surface area contributed by atoms with E-state index in [-0.39, 0.29) is 0 Å². The van der Waals surface area contributed by atoms with E-state index < -0.39 is 35.6 Å². The Labute approximate surface area is 80.8 Å². The van der Waals surface area contributed by atoms with E-state index in [4.69, 9.17) is 27.7 Å². The van der Waals surface area contributed by atoms with E-state index in [9.17, 15) is 9.59 Å². The number of carbonyl (C=O) groups is 2. The van der Waals surface area contributed by atoms with Gasteiger partial charge >= 0.3 is 5.97 Å². The summed E-state index contributed by atoms with van der Waals surface area (Å²) in [4.78, 5) is 21.2. The molecule has 0 aliphatic rings. The van der Waals surface area contributed by atoms with Crippen LogP contribution >= 0.6 is 0 Å². The summed E-state index contributed by atoms with van der Waals surface area (Å²) < 4.78 is 0. The van der Waals surface area contributed by atoms with Crippen LogP contribution < -0.4 is 17.2 Å². The highest BCUT2D eigenvalue weighted by atomic mass is 16.4. The summed E-state index contributed by atoms with van der Waals surface area (Å²) in [5, 5.41) is 15.8. The van der Waals surface area contributed by atoms with Crippen LogP contribution in [0.1, 0.15) is 6.92 Å². The number of rotatable bonds is 5. The molecule has 3 atom stereocenters. The summed E-state index contributed by atoms with van der Waals surface area (Å²) in [6.07, 6.45) is 0. The minimum atomic E-state index is -1.52. The maximum atomic E-state index is 10.8. The summed E-state index contributed by atoms with van der Waals surface area (Å²) in [6, 6.07) is -3.76. The van der Waals surface area contributed by atoms with Crippen LogP contribution in [0.5, 0.6) is 0 Å². The maximum absolute atomic E-state index is 10.8. The van der Waals surface area contributed by atoms with Gasteiger partial charge in [-0.3, -0.25) is 9.59 Å². The SMILES string of the molecule is CC(=O)C(N)C(N)C(=N)C(N)C(=O)O. The molecule has 0 heterocycles. The zero-order valence-electron chi connectivity index (χ0n) is 7.73. The van der Waals surface area contributed by atoms with Gasteiger partial charge in [0.15, 0.2) is 0 Å². The number of nitrogens with two attached hydrogens (primary N) is 3. The third-order valence-corrected chi connectivity index (χ3v) is 1.82. The van der Waals surface area contributed by atoms with Gasteiger partial charge in [-0.15, -0.1) is 0 Å². The number of aliphatic carboxylic acids is 1. The van der Waals surface area contributed by atoms with Crippen molar-refractivity contribution in [3.05, 3.63) is 0 Å². The van der Waals surface area contributed by atoms with Crippen molar-refractivity contribution < 1.29 is 14.7 Å². The fourth-order valence-electron chi connectivity index (χ4n) is 0.787. The molecule has 3 unspecified atom stereocenters. The zero-order chi connectivity index (χ0) is 11.5. The number of hydrogen-bond donors (Lipinski definition) is 5. The largest absolute Gasteiger partial charge is 0.480 e. The lowest BCUT2D eigenvalue weighted by atomic mass is 9.97. The molecule has 0 aliphatic heterocycles. The monoisotopic (exact) mass is 202 g/mol. The summed E-state index contributed by atoms with van der Waals surface area (Å²) in [7, 11) is 0. The molecule has 0 fully saturated rings. The number of carboxylic acid groups (broad SMARTS) is 1. The van der Waals surface area contributed by atoms with E-state index in [1.54, 1.807) is 0 Å². The third kappa shape index (κ3) is 2.87. The molecule has 0 amide bonds. The van der Waals surface area contributed by atoms with Gasteiger partial charge in [-0.1, -0.05) is 0 Å². The van der Waals surface area contributed by atoms with Crippen LogP contribution in [0.15, 0.2) is 0 Å². The minimum absolute atomic E-state index is 0.417. The van der Waals surface area contributed by atoms with Crippen LogP contribution in [0, 0.1) is 5.41 Å². The fraction of sp³-hybridized carbons (Fsp3) is 0.571. The van der Waals surface area contributed by atoms with Gasteiger partial charge in [-0.05, 0) is 6.92 Å². The second-order valence-corrected chi connectivity index (χ2v) is 2.93. The molecule has 0 radical (unpaired) electrons. The van der Waals surface area contributed by atoms with Gasteiger partial charge in [0.1, 0.15) is 11.8 Å². The van der Waals surface area contributed by atoms with Crippen molar-refractivity contribution >= 4 is 17.5 Å². The maximum Gasteiger partial charge on any atom is 0.326 e. The van der Waals surface area contributed by atoms with Crippen molar-refractivity contribution in [2.75, 3.05) is 0 Å². The smallest absolute Gasteiger partial charge is 0.326 e. The van der Waals surface area contributed by atoms with Crippen LogP contribution in [0.3, 0.4) is 0 Å². The van der Waals surface area contributed by atoms with Crippen molar-refractivity contribution in [1.82, 2.24) is 0 Å². The summed E-state index contributed by atoms with van der Waals surface area (Å²) in [6.45, 7) is 1.21. The predicted octanol–water partition coefficient (Wildman–Crippen LogP) is -2.34. The number of hydrogen-bond acceptors (Lipinski definition) is 6. The Bertz CT molecular complexity index is 266. The average molecular weight is 202 g/mol. The normalized spacial score (nSPS) is 16.9. The highest BCUT2D eigenvalue weighted by Gasteiger charge is 2.28. The lowest BCUT2D eigenvalue weighted by molar-refractivity contribution is -0.137. The molecule has 0 saturated carbocycles. The van der Waals surface area contributed by atoms with Crippen LogP contribution in [0.4, 0.5) is 0 Å². The Morgan fingerprint density at radius 1 is 1.21 bits per heavy atom. The predicted molar refractivity (Wildman–Crippen MR) is 50.0 cm³/mol. The van der Waals surface area contributed by atoms with Crippen molar-refractivity contribution in [2.45, 2.75) is 25.0 Å². The van der Waals surface area contributed by atoms with Crippen molar-refractivity contribution in [3.8, 4) is 0 Å². The first-order chi connectivity index (χ1) is 6.29. The van der Waals surface area contributed by atoms with Crippen LogP contribution in [-0.4, -0.2) is 40.7 Å². The molecule has 0 saturated heterocycles. The molecule has 0 aromatic rings. The minimum Gasteiger partial charge on any atom is -0.480 e. The lowest BCUT2D eigenvalue weighted by Gasteiger charge is -2.20.